The first kappa shape index (κ1) is 23.9. The number of carboxylic acid groups (broad SMARTS) is 1. The quantitative estimate of drug-likeness (QED) is 0.340. The minimum Gasteiger partial charge on any atom is -0.493 e. The molecular formula is C28H28N2O5. The van der Waals surface area contributed by atoms with E-state index in [2.05, 4.69) is 12.1 Å². The molecule has 7 nitrogen and oxygen atoms in total. The summed E-state index contributed by atoms with van der Waals surface area (Å²) in [6.07, 6.45) is 0.789. The predicted molar refractivity (Wildman–Crippen MR) is 134 cm³/mol. The van der Waals surface area contributed by atoms with E-state index in [9.17, 15) is 4.79 Å². The summed E-state index contributed by atoms with van der Waals surface area (Å²) < 4.78 is 18.8. The van der Waals surface area contributed by atoms with Crippen molar-refractivity contribution in [1.29, 1.82) is 0 Å². The third-order valence-electron chi connectivity index (χ3n) is 5.68. The van der Waals surface area contributed by atoms with Crippen LogP contribution < -0.4 is 14.2 Å². The molecule has 35 heavy (non-hydrogen) atoms. The maximum absolute atomic E-state index is 11.1. The molecule has 0 amide bonds. The Kier molecular flexibility index (Phi) is 7.35. The van der Waals surface area contributed by atoms with E-state index in [4.69, 9.17) is 24.4 Å². The number of hydrogen-bond donors (Lipinski definition) is 1. The highest BCUT2D eigenvalue weighted by molar-refractivity contribution is 5.78. The predicted octanol–water partition coefficient (Wildman–Crippen LogP) is 5.25. The molecule has 180 valence electrons. The van der Waals surface area contributed by atoms with Crippen LogP contribution in [0.4, 0.5) is 0 Å². The first-order valence-electron chi connectivity index (χ1n) is 11.3. The van der Waals surface area contributed by atoms with Crippen LogP contribution in [0.1, 0.15) is 11.1 Å². The fraction of sp³-hybridized carbons (Fsp3) is 0.214. The van der Waals surface area contributed by atoms with Gasteiger partial charge in [0, 0.05) is 17.7 Å². The highest BCUT2D eigenvalue weighted by Crippen LogP contribution is 2.40. The molecule has 0 fully saturated rings. The van der Waals surface area contributed by atoms with Gasteiger partial charge in [-0.3, -0.25) is 4.68 Å². The Hall–Kier alpha value is -4.26. The lowest BCUT2D eigenvalue weighted by Crippen LogP contribution is -2.10. The number of aryl methyl sites for hydroxylation is 3. The molecule has 0 radical (unpaired) electrons. The molecule has 3 aromatic carbocycles. The van der Waals surface area contributed by atoms with Crippen LogP contribution in [-0.4, -0.2) is 41.7 Å². The molecular weight excluding hydrogens is 444 g/mol. The summed E-state index contributed by atoms with van der Waals surface area (Å²) in [7, 11) is 3.23. The van der Waals surface area contributed by atoms with Crippen molar-refractivity contribution in [2.24, 2.45) is 0 Å². The maximum Gasteiger partial charge on any atom is 0.341 e. The van der Waals surface area contributed by atoms with Crippen LogP contribution in [0.25, 0.3) is 22.5 Å². The van der Waals surface area contributed by atoms with Crippen LogP contribution in [0, 0.1) is 6.92 Å². The number of nitrogens with zero attached hydrogens (tertiary/aromatic N) is 2. The molecule has 0 unspecified atom stereocenters. The minimum atomic E-state index is -1.04. The van der Waals surface area contributed by atoms with Gasteiger partial charge in [0.1, 0.15) is 5.75 Å². The van der Waals surface area contributed by atoms with Gasteiger partial charge in [0.25, 0.3) is 0 Å². The van der Waals surface area contributed by atoms with E-state index in [-0.39, 0.29) is 0 Å². The van der Waals surface area contributed by atoms with Gasteiger partial charge < -0.3 is 19.3 Å². The lowest BCUT2D eigenvalue weighted by Gasteiger charge is -2.14. The maximum atomic E-state index is 11.1. The number of hydrogen-bond acceptors (Lipinski definition) is 5. The molecule has 1 heterocycles. The molecule has 0 spiro atoms. The Morgan fingerprint density at radius 2 is 1.71 bits per heavy atom. The average Bonchev–Trinajstić information content (AvgIpc) is 3.30. The van der Waals surface area contributed by atoms with Gasteiger partial charge in [-0.05, 0) is 49.2 Å². The summed E-state index contributed by atoms with van der Waals surface area (Å²) in [5.74, 6) is 0.680. The Morgan fingerprint density at radius 1 is 0.914 bits per heavy atom. The van der Waals surface area contributed by atoms with Gasteiger partial charge in [-0.1, -0.05) is 48.0 Å². The molecule has 0 aliphatic rings. The Balaban J connectivity index is 1.82. The summed E-state index contributed by atoms with van der Waals surface area (Å²) in [5, 5.41) is 14.0. The molecule has 0 aliphatic heterocycles. The minimum absolute atomic E-state index is 0.429. The normalized spacial score (nSPS) is 10.7. The van der Waals surface area contributed by atoms with Crippen molar-refractivity contribution in [3.05, 3.63) is 83.9 Å². The smallest absolute Gasteiger partial charge is 0.341 e. The lowest BCUT2D eigenvalue weighted by atomic mass is 10.0. The van der Waals surface area contributed by atoms with Crippen molar-refractivity contribution in [2.45, 2.75) is 19.9 Å². The van der Waals surface area contributed by atoms with Crippen LogP contribution in [0.2, 0.25) is 0 Å². The summed E-state index contributed by atoms with van der Waals surface area (Å²) >= 11 is 0. The molecule has 0 atom stereocenters. The van der Waals surface area contributed by atoms with Crippen molar-refractivity contribution >= 4 is 5.97 Å². The second-order valence-electron chi connectivity index (χ2n) is 8.10. The molecule has 0 aliphatic carbocycles. The van der Waals surface area contributed by atoms with E-state index in [0.29, 0.717) is 29.5 Å². The summed E-state index contributed by atoms with van der Waals surface area (Å²) in [6.45, 7) is 2.18. The summed E-state index contributed by atoms with van der Waals surface area (Å²) in [4.78, 5) is 11.1. The highest BCUT2D eigenvalue weighted by atomic mass is 16.5. The van der Waals surface area contributed by atoms with Gasteiger partial charge >= 0.3 is 5.97 Å². The van der Waals surface area contributed by atoms with Crippen molar-refractivity contribution in [3.8, 4) is 39.8 Å². The van der Waals surface area contributed by atoms with Crippen LogP contribution in [0.15, 0.2) is 72.8 Å². The van der Waals surface area contributed by atoms with Crippen LogP contribution in [0.5, 0.6) is 17.2 Å². The van der Waals surface area contributed by atoms with Crippen molar-refractivity contribution < 1.29 is 24.1 Å². The van der Waals surface area contributed by atoms with Gasteiger partial charge in [0.05, 0.1) is 25.6 Å². The molecule has 0 bridgehead atoms. The van der Waals surface area contributed by atoms with Crippen LogP contribution >= 0.6 is 0 Å². The lowest BCUT2D eigenvalue weighted by molar-refractivity contribution is -0.139. The molecule has 7 heteroatoms. The van der Waals surface area contributed by atoms with E-state index in [0.717, 1.165) is 28.8 Å². The Morgan fingerprint density at radius 3 is 2.43 bits per heavy atom. The fourth-order valence-corrected chi connectivity index (χ4v) is 4.01. The molecule has 4 aromatic rings. The number of ether oxygens (including phenoxy) is 3. The Labute approximate surface area is 204 Å². The highest BCUT2D eigenvalue weighted by Gasteiger charge is 2.20. The number of para-hydroxylation sites is 1. The topological polar surface area (TPSA) is 82.8 Å². The first-order valence-corrected chi connectivity index (χ1v) is 11.3. The second-order valence-corrected chi connectivity index (χ2v) is 8.10. The van der Waals surface area contributed by atoms with Gasteiger partial charge in [0.15, 0.2) is 18.1 Å². The fourth-order valence-electron chi connectivity index (χ4n) is 4.01. The number of rotatable bonds is 10. The Bertz CT molecular complexity index is 1310. The summed E-state index contributed by atoms with van der Waals surface area (Å²) in [5.41, 5.74) is 5.34. The average molecular weight is 473 g/mol. The van der Waals surface area contributed by atoms with Crippen molar-refractivity contribution in [1.82, 2.24) is 9.78 Å². The monoisotopic (exact) mass is 472 g/mol. The largest absolute Gasteiger partial charge is 0.493 e. The second kappa shape index (κ2) is 10.8. The molecule has 0 saturated carbocycles. The van der Waals surface area contributed by atoms with E-state index < -0.39 is 12.6 Å². The molecule has 4 rings (SSSR count). The zero-order valence-electron chi connectivity index (χ0n) is 20.0. The molecule has 0 saturated heterocycles. The van der Waals surface area contributed by atoms with E-state index in [1.54, 1.807) is 20.3 Å². The van der Waals surface area contributed by atoms with Crippen LogP contribution in [-0.2, 0) is 17.8 Å². The number of aromatic nitrogens is 2. The number of methoxy groups -OCH3 is 2. The number of carbonyl (C=O) groups is 1. The van der Waals surface area contributed by atoms with Gasteiger partial charge in [0.2, 0.25) is 0 Å². The van der Waals surface area contributed by atoms with Crippen molar-refractivity contribution in [2.75, 3.05) is 20.8 Å². The number of aliphatic carboxylic acids is 1. The van der Waals surface area contributed by atoms with Gasteiger partial charge in [-0.25, -0.2) is 4.79 Å². The SMILES string of the molecule is COc1cccc(-c2cc(-c3cc(C)ccc3OCC(=O)O)nn2CCc2ccccc2)c1OC. The van der Waals surface area contributed by atoms with Gasteiger partial charge in [-0.2, -0.15) is 5.10 Å². The zero-order valence-corrected chi connectivity index (χ0v) is 20.0. The molecule has 1 aromatic heterocycles. The van der Waals surface area contributed by atoms with E-state index >= 15 is 0 Å². The van der Waals surface area contributed by atoms with Gasteiger partial charge in [-0.15, -0.1) is 0 Å². The standard InChI is InChI=1S/C28H28N2O5/c1-19-12-13-25(35-18-27(31)32)22(16-19)23-17-24(21-10-7-11-26(33-2)28(21)34-3)30(29-23)15-14-20-8-5-4-6-9-20/h4-13,16-17H,14-15,18H2,1-3H3,(H,31,32). The zero-order chi connectivity index (χ0) is 24.8. The van der Waals surface area contributed by atoms with Crippen LogP contribution in [0.3, 0.4) is 0 Å². The first-order chi connectivity index (χ1) is 17.0. The van der Waals surface area contributed by atoms with E-state index in [1.165, 1.54) is 5.56 Å². The molecule has 1 N–H and O–H groups in total. The third kappa shape index (κ3) is 5.46. The van der Waals surface area contributed by atoms with Crippen molar-refractivity contribution in [3.63, 3.8) is 0 Å². The number of carboxylic acids is 1. The third-order valence-corrected chi connectivity index (χ3v) is 5.68. The summed E-state index contributed by atoms with van der Waals surface area (Å²) in [6, 6.07) is 23.6. The van der Waals surface area contributed by atoms with E-state index in [1.807, 2.05) is 66.2 Å². The number of benzene rings is 3.